The van der Waals surface area contributed by atoms with E-state index in [1.165, 1.54) is 0 Å². The predicted octanol–water partition coefficient (Wildman–Crippen LogP) is 3.97. The van der Waals surface area contributed by atoms with Crippen molar-refractivity contribution < 1.29 is 9.18 Å². The molecule has 4 rings (SSSR count). The topological polar surface area (TPSA) is 71.0 Å². The number of pyridine rings is 1. The van der Waals surface area contributed by atoms with Crippen molar-refractivity contribution >= 4 is 17.4 Å². The van der Waals surface area contributed by atoms with Gasteiger partial charge in [0.1, 0.15) is 17.5 Å². The Bertz CT molecular complexity index is 1120. The average Bonchev–Trinajstić information content (AvgIpc) is 3.47. The number of anilines is 2. The Morgan fingerprint density at radius 1 is 1.19 bits per heavy atom. The Kier molecular flexibility index (Phi) is 5.43. The van der Waals surface area contributed by atoms with Gasteiger partial charge in [0.25, 0.3) is 0 Å². The number of carbonyl (C=O) groups excluding carboxylic acids is 1. The van der Waals surface area contributed by atoms with Crippen LogP contribution in [-0.2, 0) is 10.2 Å². The van der Waals surface area contributed by atoms with Gasteiger partial charge in [-0.1, -0.05) is 30.3 Å². The summed E-state index contributed by atoms with van der Waals surface area (Å²) in [5.74, 6) is 0.399. The second-order valence-corrected chi connectivity index (χ2v) is 8.33. The van der Waals surface area contributed by atoms with E-state index in [0.29, 0.717) is 17.9 Å². The highest BCUT2D eigenvalue weighted by Gasteiger charge is 2.59. The van der Waals surface area contributed by atoms with Gasteiger partial charge in [0, 0.05) is 19.0 Å². The number of aromatic nitrogens is 3. The number of aryl methyl sites for hydroxylation is 3. The van der Waals surface area contributed by atoms with Crippen molar-refractivity contribution in [1.82, 2.24) is 15.0 Å². The van der Waals surface area contributed by atoms with E-state index < -0.39 is 0 Å². The van der Waals surface area contributed by atoms with Gasteiger partial charge >= 0.3 is 0 Å². The molecule has 2 aromatic heterocycles. The fourth-order valence-electron chi connectivity index (χ4n) is 4.29. The number of halogens is 1. The summed E-state index contributed by atoms with van der Waals surface area (Å²) in [5.41, 5.74) is 3.10. The molecule has 0 unspecified atom stereocenters. The lowest BCUT2D eigenvalue weighted by Crippen LogP contribution is -2.34. The van der Waals surface area contributed by atoms with Crippen molar-refractivity contribution in [2.24, 2.45) is 5.92 Å². The van der Waals surface area contributed by atoms with Crippen molar-refractivity contribution in [1.29, 1.82) is 0 Å². The lowest BCUT2D eigenvalue weighted by molar-refractivity contribution is -0.117. The van der Waals surface area contributed by atoms with Crippen LogP contribution in [0.2, 0.25) is 0 Å². The Hall–Kier alpha value is -3.35. The molecule has 2 atom stereocenters. The highest BCUT2D eigenvalue weighted by molar-refractivity contribution is 5.95. The van der Waals surface area contributed by atoms with Crippen LogP contribution in [0.15, 0.2) is 48.8 Å². The van der Waals surface area contributed by atoms with Gasteiger partial charge in [-0.2, -0.15) is 0 Å². The molecule has 0 saturated heterocycles. The molecular formula is C24H26FN5O. The van der Waals surface area contributed by atoms with Gasteiger partial charge < -0.3 is 10.2 Å². The highest BCUT2D eigenvalue weighted by Crippen LogP contribution is 2.55. The molecule has 0 radical (unpaired) electrons. The molecule has 2 heterocycles. The van der Waals surface area contributed by atoms with Crippen molar-refractivity contribution in [3.8, 4) is 0 Å². The first-order valence-corrected chi connectivity index (χ1v) is 10.3. The fraction of sp³-hybridized carbons (Fsp3) is 0.333. The second kappa shape index (κ2) is 8.06. The lowest BCUT2D eigenvalue weighted by atomic mass is 9.92. The van der Waals surface area contributed by atoms with Crippen molar-refractivity contribution in [2.75, 3.05) is 23.8 Å². The van der Waals surface area contributed by atoms with E-state index in [1.54, 1.807) is 13.0 Å². The molecule has 1 aliphatic carbocycles. The minimum absolute atomic E-state index is 0.104. The van der Waals surface area contributed by atoms with Crippen LogP contribution in [-0.4, -0.2) is 34.5 Å². The number of nitrogens with zero attached hydrogens (tertiary/aromatic N) is 4. The molecule has 6 nitrogen and oxygen atoms in total. The van der Waals surface area contributed by atoms with Crippen molar-refractivity contribution in [3.05, 3.63) is 77.3 Å². The number of carbonyl (C=O) groups is 1. The van der Waals surface area contributed by atoms with E-state index in [-0.39, 0.29) is 23.1 Å². The smallest absolute Gasteiger partial charge is 0.229 e. The molecule has 1 amide bonds. The molecule has 7 heteroatoms. The molecule has 160 valence electrons. The number of hydrogen-bond donors (Lipinski definition) is 1. The number of nitrogens with one attached hydrogen (secondary N) is 1. The van der Waals surface area contributed by atoms with Gasteiger partial charge in [-0.05, 0) is 44.4 Å². The molecule has 1 N–H and O–H groups in total. The Balaban J connectivity index is 1.58. The predicted molar refractivity (Wildman–Crippen MR) is 119 cm³/mol. The average molecular weight is 420 g/mol. The Morgan fingerprint density at radius 2 is 1.94 bits per heavy atom. The third-order valence-electron chi connectivity index (χ3n) is 6.04. The van der Waals surface area contributed by atoms with Crippen LogP contribution in [0.4, 0.5) is 15.9 Å². The number of likely N-dealkylation sites (N-methyl/N-ethyl adjacent to an activating group) is 1. The Morgan fingerprint density at radius 3 is 2.61 bits per heavy atom. The maximum absolute atomic E-state index is 13.5. The summed E-state index contributed by atoms with van der Waals surface area (Å²) in [4.78, 5) is 28.0. The summed E-state index contributed by atoms with van der Waals surface area (Å²) in [6, 6.07) is 11.7. The number of amides is 1. The molecule has 31 heavy (non-hydrogen) atoms. The van der Waals surface area contributed by atoms with E-state index in [0.717, 1.165) is 35.4 Å². The summed E-state index contributed by atoms with van der Waals surface area (Å²) < 4.78 is 13.5. The monoisotopic (exact) mass is 419 g/mol. The molecule has 0 spiro atoms. The minimum Gasteiger partial charge on any atom is -0.371 e. The van der Waals surface area contributed by atoms with Crippen LogP contribution >= 0.6 is 0 Å². The molecular weight excluding hydrogens is 393 g/mol. The summed E-state index contributed by atoms with van der Waals surface area (Å²) >= 11 is 0. The van der Waals surface area contributed by atoms with Crippen LogP contribution in [0.3, 0.4) is 0 Å². The van der Waals surface area contributed by atoms with Crippen molar-refractivity contribution in [2.45, 2.75) is 32.6 Å². The zero-order valence-corrected chi connectivity index (χ0v) is 18.2. The number of rotatable bonds is 6. The van der Waals surface area contributed by atoms with Crippen molar-refractivity contribution in [3.63, 3.8) is 0 Å². The van der Waals surface area contributed by atoms with E-state index in [2.05, 4.69) is 37.3 Å². The van der Waals surface area contributed by atoms with Crippen LogP contribution < -0.4 is 10.2 Å². The molecule has 0 bridgehead atoms. The molecule has 1 fully saturated rings. The van der Waals surface area contributed by atoms with Gasteiger partial charge in [0.15, 0.2) is 0 Å². The summed E-state index contributed by atoms with van der Waals surface area (Å²) in [6.07, 6.45) is 3.69. The van der Waals surface area contributed by atoms with E-state index in [9.17, 15) is 9.18 Å². The number of benzene rings is 1. The molecule has 0 aliphatic heterocycles. The zero-order valence-electron chi connectivity index (χ0n) is 18.2. The van der Waals surface area contributed by atoms with Gasteiger partial charge in [-0.15, -0.1) is 0 Å². The first-order chi connectivity index (χ1) is 14.8. The third-order valence-corrected chi connectivity index (χ3v) is 6.04. The second-order valence-electron chi connectivity index (χ2n) is 8.33. The zero-order chi connectivity index (χ0) is 22.2. The van der Waals surface area contributed by atoms with E-state index in [4.69, 9.17) is 0 Å². The summed E-state index contributed by atoms with van der Waals surface area (Å²) in [7, 11) is 2.00. The summed E-state index contributed by atoms with van der Waals surface area (Å²) in [5, 5.41) is 2.87. The van der Waals surface area contributed by atoms with E-state index >= 15 is 0 Å². The standard InChI is InChI=1S/C24H26FN5O/c1-15-10-22(27-12-20(15)25)29-23(31)19-11-24(19,18-8-6-5-7-9-18)14-30(4)21-13-26-17(3)28-16(21)2/h5-10,12-13,19H,11,14H2,1-4H3,(H,27,29,31)/t19-,24+/m0/s1. The molecule has 3 aromatic rings. The maximum atomic E-state index is 13.5. The van der Waals surface area contributed by atoms with Gasteiger partial charge in [-0.3, -0.25) is 4.79 Å². The fourth-order valence-corrected chi connectivity index (χ4v) is 4.29. The number of hydrogen-bond acceptors (Lipinski definition) is 5. The minimum atomic E-state index is -0.389. The molecule has 1 aliphatic rings. The van der Waals surface area contributed by atoms with Crippen LogP contribution in [0.5, 0.6) is 0 Å². The van der Waals surface area contributed by atoms with E-state index in [1.807, 2.05) is 45.3 Å². The summed E-state index contributed by atoms with van der Waals surface area (Å²) in [6.45, 7) is 6.14. The Labute approximate surface area is 181 Å². The highest BCUT2D eigenvalue weighted by atomic mass is 19.1. The van der Waals surface area contributed by atoms with Crippen LogP contribution in [0.25, 0.3) is 0 Å². The SMILES string of the molecule is Cc1ncc(N(C)C[C@@]2(c3ccccc3)C[C@H]2C(=O)Nc2cc(C)c(F)cn2)c(C)n1. The largest absolute Gasteiger partial charge is 0.371 e. The van der Waals surface area contributed by atoms with Gasteiger partial charge in [0.2, 0.25) is 5.91 Å². The van der Waals surface area contributed by atoms with Crippen LogP contribution in [0, 0.1) is 32.5 Å². The van der Waals surface area contributed by atoms with Gasteiger partial charge in [-0.25, -0.2) is 19.3 Å². The quantitative estimate of drug-likeness (QED) is 0.655. The van der Waals surface area contributed by atoms with Crippen LogP contribution in [0.1, 0.15) is 29.1 Å². The lowest BCUT2D eigenvalue weighted by Gasteiger charge is -2.27. The first kappa shape index (κ1) is 20.9. The molecule has 1 saturated carbocycles. The third kappa shape index (κ3) is 4.13. The molecule has 1 aromatic carbocycles. The van der Waals surface area contributed by atoms with Gasteiger partial charge in [0.05, 0.1) is 29.7 Å². The first-order valence-electron chi connectivity index (χ1n) is 10.3. The maximum Gasteiger partial charge on any atom is 0.229 e. The normalized spacial score (nSPS) is 19.7.